The predicted octanol–water partition coefficient (Wildman–Crippen LogP) is -0.158. The van der Waals surface area contributed by atoms with Crippen molar-refractivity contribution in [3.63, 3.8) is 0 Å². The molecule has 1 saturated heterocycles. The normalized spacial score (nSPS) is 16.8. The lowest BCUT2D eigenvalue weighted by atomic mass is 10.1. The maximum atomic E-state index is 11.6. The van der Waals surface area contributed by atoms with Gasteiger partial charge in [-0.2, -0.15) is 0 Å². The number of nitrogen functional groups attached to an aromatic ring is 1. The zero-order valence-electron chi connectivity index (χ0n) is 9.69. The third kappa shape index (κ3) is 3.00. The number of rotatable bonds is 3. The van der Waals surface area contributed by atoms with Crippen molar-refractivity contribution < 1.29 is 9.59 Å². The highest BCUT2D eigenvalue weighted by molar-refractivity contribution is 8.15. The minimum absolute atomic E-state index is 0.121. The summed E-state index contributed by atoms with van der Waals surface area (Å²) in [6.45, 7) is 1.36. The number of carbonyl (C=O) groups is 2. The van der Waals surface area contributed by atoms with Crippen LogP contribution in [0, 0.1) is 0 Å². The molecule has 1 aromatic carbocycles. The van der Waals surface area contributed by atoms with E-state index in [0.717, 1.165) is 30.0 Å². The zero-order chi connectivity index (χ0) is 12.3. The van der Waals surface area contributed by atoms with Crippen LogP contribution in [-0.2, 0) is 16.0 Å². The molecule has 5 heteroatoms. The van der Waals surface area contributed by atoms with Gasteiger partial charge in [-0.1, -0.05) is 12.1 Å². The lowest BCUT2D eigenvalue weighted by Crippen LogP contribution is -2.42. The highest BCUT2D eigenvalue weighted by Crippen LogP contribution is 2.14. The van der Waals surface area contributed by atoms with E-state index in [1.165, 1.54) is 0 Å². The van der Waals surface area contributed by atoms with E-state index in [0.29, 0.717) is 6.54 Å². The van der Waals surface area contributed by atoms with Crippen LogP contribution in [0.5, 0.6) is 0 Å². The van der Waals surface area contributed by atoms with Crippen LogP contribution in [0.2, 0.25) is 0 Å². The Kier molecular flexibility index (Phi) is 3.68. The molecule has 1 aromatic rings. The van der Waals surface area contributed by atoms with Crippen LogP contribution in [0.3, 0.4) is 0 Å². The molecule has 0 radical (unpaired) electrons. The van der Waals surface area contributed by atoms with E-state index in [1.54, 1.807) is 4.90 Å². The van der Waals surface area contributed by atoms with Gasteiger partial charge < -0.3 is 10.6 Å². The first-order valence-corrected chi connectivity index (χ1v) is 7.54. The summed E-state index contributed by atoms with van der Waals surface area (Å²) in [5.74, 6) is 0.647. The Morgan fingerprint density at radius 3 is 2.94 bits per heavy atom. The Bertz CT molecular complexity index is 448. The molecule has 1 heterocycles. The Hall–Kier alpha value is -1.49. The van der Waals surface area contributed by atoms with E-state index in [-0.39, 0.29) is 11.0 Å². The molecule has 94 valence electrons. The first kappa shape index (κ1) is 12.0. The van der Waals surface area contributed by atoms with Crippen molar-refractivity contribution in [3.05, 3.63) is 29.8 Å². The number of hydrogen-bond acceptors (Lipinski definition) is 3. The first-order valence-electron chi connectivity index (χ1n) is 5.83. The molecule has 2 rings (SSSR count). The average Bonchev–Trinajstić information content (AvgIpc) is 2.31. The summed E-state index contributed by atoms with van der Waals surface area (Å²) in [5.41, 5.74) is 7.52. The lowest BCUT2D eigenvalue weighted by Gasteiger charge is -2.26. The SMILES string of the molecule is Nc1cccc(CCN2CC[SH4]C(=O)C2=O)c1. The molecule has 4 nitrogen and oxygen atoms in total. The molecule has 1 fully saturated rings. The van der Waals surface area contributed by atoms with Gasteiger partial charge in [-0.3, -0.25) is 9.59 Å². The van der Waals surface area contributed by atoms with Gasteiger partial charge in [0.15, 0.2) is 0 Å². The quantitative estimate of drug-likeness (QED) is 0.602. The predicted molar refractivity (Wildman–Crippen MR) is 74.2 cm³/mol. The Labute approximate surface area is 104 Å². The second-order valence-corrected chi connectivity index (χ2v) is 6.16. The summed E-state index contributed by atoms with van der Waals surface area (Å²) in [4.78, 5) is 24.6. The second-order valence-electron chi connectivity index (χ2n) is 4.31. The third-order valence-electron chi connectivity index (χ3n) is 2.98. The Balaban J connectivity index is 1.94. The molecule has 1 aliphatic rings. The molecule has 0 atom stereocenters. The number of hydrogen-bond donors (Lipinski definition) is 1. The van der Waals surface area contributed by atoms with Gasteiger partial charge in [-0.25, -0.2) is 11.8 Å². The van der Waals surface area contributed by atoms with Gasteiger partial charge in [-0.05, 0) is 29.9 Å². The number of benzene rings is 1. The maximum Gasteiger partial charge on any atom is 0.297 e. The van der Waals surface area contributed by atoms with Crippen LogP contribution >= 0.6 is 11.8 Å². The summed E-state index contributed by atoms with van der Waals surface area (Å²) in [6, 6.07) is 7.64. The van der Waals surface area contributed by atoms with E-state index in [9.17, 15) is 9.59 Å². The number of anilines is 1. The monoisotopic (exact) mass is 254 g/mol. The average molecular weight is 254 g/mol. The van der Waals surface area contributed by atoms with Crippen molar-refractivity contribution in [1.82, 2.24) is 4.90 Å². The minimum atomic E-state index is -0.783. The third-order valence-corrected chi connectivity index (χ3v) is 4.41. The lowest BCUT2D eigenvalue weighted by molar-refractivity contribution is -0.140. The van der Waals surface area contributed by atoms with Crippen molar-refractivity contribution in [3.8, 4) is 0 Å². The molecule has 17 heavy (non-hydrogen) atoms. The van der Waals surface area contributed by atoms with Crippen molar-refractivity contribution >= 4 is 28.5 Å². The maximum absolute atomic E-state index is 11.6. The molecule has 0 saturated carbocycles. The van der Waals surface area contributed by atoms with Crippen molar-refractivity contribution in [1.29, 1.82) is 0 Å². The van der Waals surface area contributed by atoms with Gasteiger partial charge in [-0.15, -0.1) is 0 Å². The Morgan fingerprint density at radius 2 is 2.18 bits per heavy atom. The highest BCUT2D eigenvalue weighted by Gasteiger charge is 2.23. The van der Waals surface area contributed by atoms with E-state index in [2.05, 4.69) is 0 Å². The topological polar surface area (TPSA) is 63.4 Å². The largest absolute Gasteiger partial charge is 0.399 e. The molecule has 0 unspecified atom stereocenters. The number of carbonyl (C=O) groups excluding carboxylic acids is 2. The molecule has 0 aromatic heterocycles. The highest BCUT2D eigenvalue weighted by atomic mass is 32.2. The first-order chi connectivity index (χ1) is 8.16. The van der Waals surface area contributed by atoms with Gasteiger partial charge in [0.05, 0.1) is 0 Å². The van der Waals surface area contributed by atoms with Gasteiger partial charge in [0.25, 0.3) is 5.91 Å². The summed E-state index contributed by atoms with van der Waals surface area (Å²) >= 11 is -0.783. The molecule has 0 bridgehead atoms. The van der Waals surface area contributed by atoms with E-state index < -0.39 is 11.8 Å². The van der Waals surface area contributed by atoms with Crippen LogP contribution in [-0.4, -0.2) is 34.8 Å². The van der Waals surface area contributed by atoms with Crippen LogP contribution in [0.1, 0.15) is 5.56 Å². The summed E-state index contributed by atoms with van der Waals surface area (Å²) in [7, 11) is 0. The fourth-order valence-corrected chi connectivity index (χ4v) is 3.34. The molecular formula is C12H18N2O2S. The fraction of sp³-hybridized carbons (Fsp3) is 0.333. The molecule has 0 spiro atoms. The van der Waals surface area contributed by atoms with Gasteiger partial charge in [0.2, 0.25) is 5.12 Å². The minimum Gasteiger partial charge on any atom is -0.399 e. The molecule has 1 amide bonds. The number of nitrogens with two attached hydrogens (primary N) is 1. The Morgan fingerprint density at radius 1 is 1.35 bits per heavy atom. The van der Waals surface area contributed by atoms with E-state index >= 15 is 0 Å². The smallest absolute Gasteiger partial charge is 0.297 e. The molecule has 0 aliphatic carbocycles. The summed E-state index contributed by atoms with van der Waals surface area (Å²) < 4.78 is 0. The van der Waals surface area contributed by atoms with Gasteiger partial charge in [0.1, 0.15) is 0 Å². The van der Waals surface area contributed by atoms with Gasteiger partial charge >= 0.3 is 0 Å². The van der Waals surface area contributed by atoms with Crippen molar-refractivity contribution in [2.45, 2.75) is 6.42 Å². The van der Waals surface area contributed by atoms with Crippen LogP contribution in [0.25, 0.3) is 0 Å². The van der Waals surface area contributed by atoms with Crippen LogP contribution in [0.15, 0.2) is 24.3 Å². The van der Waals surface area contributed by atoms with E-state index in [1.807, 2.05) is 24.3 Å². The zero-order valence-corrected chi connectivity index (χ0v) is 11.1. The number of amides is 1. The van der Waals surface area contributed by atoms with Crippen molar-refractivity contribution in [2.24, 2.45) is 0 Å². The molecular weight excluding hydrogens is 236 g/mol. The standard InChI is InChI=1S/C12H18N2O2S/c13-10-3-1-2-9(8-10)4-5-14-6-7-17-12(16)11(14)15/h1-3,8H,4-7,13H2,17H4. The fourth-order valence-electron chi connectivity index (χ4n) is 2.04. The van der Waals surface area contributed by atoms with Gasteiger partial charge in [0, 0.05) is 18.8 Å². The second kappa shape index (κ2) is 5.23. The molecule has 2 N–H and O–H groups in total. The molecule has 1 aliphatic heterocycles. The van der Waals surface area contributed by atoms with Crippen LogP contribution < -0.4 is 5.73 Å². The van der Waals surface area contributed by atoms with Crippen LogP contribution in [0.4, 0.5) is 5.69 Å². The summed E-state index contributed by atoms with van der Waals surface area (Å²) in [5, 5.41) is -0.121. The summed E-state index contributed by atoms with van der Waals surface area (Å²) in [6.07, 6.45) is 0.756. The van der Waals surface area contributed by atoms with E-state index in [4.69, 9.17) is 5.73 Å². The van der Waals surface area contributed by atoms with Crippen molar-refractivity contribution in [2.75, 3.05) is 24.6 Å². The number of nitrogens with zero attached hydrogens (tertiary/aromatic N) is 1.